The van der Waals surface area contributed by atoms with Crippen LogP contribution < -0.4 is 4.74 Å². The number of hydrogen-bond donors (Lipinski definition) is 0. The first-order chi connectivity index (χ1) is 12.7. The Kier molecular flexibility index (Phi) is 4.01. The van der Waals surface area contributed by atoms with Gasteiger partial charge >= 0.3 is 0 Å². The Balaban J connectivity index is 1.82. The highest BCUT2D eigenvalue weighted by molar-refractivity contribution is 6.12. The van der Waals surface area contributed by atoms with Crippen molar-refractivity contribution in [3.63, 3.8) is 0 Å². The van der Waals surface area contributed by atoms with Gasteiger partial charge in [0.15, 0.2) is 11.4 Å². The van der Waals surface area contributed by atoms with Crippen LogP contribution in [0, 0.1) is 6.92 Å². The number of aromatic nitrogens is 1. The lowest BCUT2D eigenvalue weighted by Crippen LogP contribution is -2.04. The molecule has 0 aliphatic carbocycles. The maximum Gasteiger partial charge on any atom is 0.228 e. The Labute approximate surface area is 151 Å². The van der Waals surface area contributed by atoms with E-state index in [1.165, 1.54) is 0 Å². The minimum Gasteiger partial charge on any atom is -0.497 e. The quantitative estimate of drug-likeness (QED) is 0.487. The molecule has 4 heteroatoms. The molecule has 1 heterocycles. The average Bonchev–Trinajstić information content (AvgIpc) is 3.11. The van der Waals surface area contributed by atoms with E-state index < -0.39 is 0 Å². The predicted octanol–water partition coefficient (Wildman–Crippen LogP) is 5.04. The summed E-state index contributed by atoms with van der Waals surface area (Å²) in [5.74, 6) is 1.08. The molecule has 26 heavy (non-hydrogen) atoms. The number of aryl methyl sites for hydroxylation is 1. The summed E-state index contributed by atoms with van der Waals surface area (Å²) in [6, 6.07) is 20.3. The van der Waals surface area contributed by atoms with Crippen LogP contribution in [0.2, 0.25) is 0 Å². The molecule has 0 atom stereocenters. The number of hydrogen-bond acceptors (Lipinski definition) is 4. The summed E-state index contributed by atoms with van der Waals surface area (Å²) in [4.78, 5) is 17.6. The van der Waals surface area contributed by atoms with Crippen molar-refractivity contribution in [3.05, 3.63) is 83.4 Å². The molecule has 0 spiro atoms. The first-order valence-corrected chi connectivity index (χ1v) is 8.31. The van der Waals surface area contributed by atoms with Gasteiger partial charge in [-0.05, 0) is 55.5 Å². The fourth-order valence-corrected chi connectivity index (χ4v) is 2.92. The SMILES string of the molecule is COc1ccc(C(=O)c2ccc(C)cc2-c2nc3ccccc3o2)cc1. The standard InChI is InChI=1S/C22H17NO3/c1-14-7-12-17(21(24)15-8-10-16(25-2)11-9-15)18(13-14)22-23-19-5-3-4-6-20(19)26-22/h3-13H,1-2H3. The number of ketones is 1. The number of oxazole rings is 1. The molecule has 0 aliphatic heterocycles. The van der Waals surface area contributed by atoms with Crippen LogP contribution in [0.4, 0.5) is 0 Å². The molecule has 0 fully saturated rings. The zero-order valence-electron chi connectivity index (χ0n) is 14.5. The Bertz CT molecular complexity index is 1060. The zero-order valence-corrected chi connectivity index (χ0v) is 14.5. The number of carbonyl (C=O) groups is 1. The van der Waals surface area contributed by atoms with E-state index in [1.54, 1.807) is 31.4 Å². The maximum absolute atomic E-state index is 13.1. The summed E-state index contributed by atoms with van der Waals surface area (Å²) < 4.78 is 11.0. The Morgan fingerprint density at radius 2 is 1.77 bits per heavy atom. The van der Waals surface area contributed by atoms with Gasteiger partial charge in [0.05, 0.1) is 7.11 Å². The zero-order chi connectivity index (χ0) is 18.1. The second kappa shape index (κ2) is 6.48. The summed E-state index contributed by atoms with van der Waals surface area (Å²) in [5, 5.41) is 0. The molecule has 4 nitrogen and oxygen atoms in total. The number of fused-ring (bicyclic) bond motifs is 1. The number of para-hydroxylation sites is 2. The normalized spacial score (nSPS) is 10.8. The minimum atomic E-state index is -0.0788. The van der Waals surface area contributed by atoms with Gasteiger partial charge < -0.3 is 9.15 Å². The number of carbonyl (C=O) groups excluding carboxylic acids is 1. The summed E-state index contributed by atoms with van der Waals surface area (Å²) in [6.45, 7) is 1.98. The molecule has 4 aromatic rings. The highest BCUT2D eigenvalue weighted by Crippen LogP contribution is 2.29. The second-order valence-corrected chi connectivity index (χ2v) is 6.09. The van der Waals surface area contributed by atoms with Crippen LogP contribution in [-0.4, -0.2) is 17.9 Å². The van der Waals surface area contributed by atoms with Crippen molar-refractivity contribution in [1.82, 2.24) is 4.98 Å². The molecule has 4 rings (SSSR count). The van der Waals surface area contributed by atoms with Crippen molar-refractivity contribution >= 4 is 16.9 Å². The van der Waals surface area contributed by atoms with Crippen molar-refractivity contribution in [2.24, 2.45) is 0 Å². The third kappa shape index (κ3) is 2.86. The van der Waals surface area contributed by atoms with Crippen LogP contribution in [-0.2, 0) is 0 Å². The number of benzene rings is 3. The molecular weight excluding hydrogens is 326 g/mol. The van der Waals surface area contributed by atoms with Crippen LogP contribution in [0.5, 0.6) is 5.75 Å². The first-order valence-electron chi connectivity index (χ1n) is 8.31. The summed E-state index contributed by atoms with van der Waals surface area (Å²) in [7, 11) is 1.60. The largest absolute Gasteiger partial charge is 0.497 e. The van der Waals surface area contributed by atoms with E-state index in [9.17, 15) is 4.79 Å². The van der Waals surface area contributed by atoms with Crippen molar-refractivity contribution in [2.45, 2.75) is 6.92 Å². The van der Waals surface area contributed by atoms with Gasteiger partial charge in [-0.15, -0.1) is 0 Å². The predicted molar refractivity (Wildman–Crippen MR) is 101 cm³/mol. The van der Waals surface area contributed by atoms with Crippen molar-refractivity contribution in [1.29, 1.82) is 0 Å². The van der Waals surface area contributed by atoms with Gasteiger partial charge in [0, 0.05) is 16.7 Å². The third-order valence-corrected chi connectivity index (χ3v) is 4.30. The van der Waals surface area contributed by atoms with Crippen LogP contribution in [0.25, 0.3) is 22.6 Å². The van der Waals surface area contributed by atoms with Crippen molar-refractivity contribution < 1.29 is 13.9 Å². The number of nitrogens with zero attached hydrogens (tertiary/aromatic N) is 1. The molecule has 1 aromatic heterocycles. The molecule has 0 aliphatic rings. The maximum atomic E-state index is 13.1. The van der Waals surface area contributed by atoms with Gasteiger partial charge in [-0.1, -0.05) is 23.8 Å². The fraction of sp³-hybridized carbons (Fsp3) is 0.0909. The lowest BCUT2D eigenvalue weighted by Gasteiger charge is -2.08. The third-order valence-electron chi connectivity index (χ3n) is 4.30. The molecule has 0 radical (unpaired) electrons. The highest BCUT2D eigenvalue weighted by atomic mass is 16.5. The minimum absolute atomic E-state index is 0.0788. The first kappa shape index (κ1) is 16.1. The molecule has 0 saturated heterocycles. The molecule has 0 amide bonds. The van der Waals surface area contributed by atoms with Crippen LogP contribution in [0.1, 0.15) is 21.5 Å². The van der Waals surface area contributed by atoms with Gasteiger partial charge in [0.25, 0.3) is 0 Å². The summed E-state index contributed by atoms with van der Waals surface area (Å²) >= 11 is 0. The molecule has 0 bridgehead atoms. The lowest BCUT2D eigenvalue weighted by molar-refractivity contribution is 0.103. The van der Waals surface area contributed by atoms with Crippen LogP contribution in [0.15, 0.2) is 71.1 Å². The van der Waals surface area contributed by atoms with E-state index in [4.69, 9.17) is 9.15 Å². The van der Waals surface area contributed by atoms with E-state index in [1.807, 2.05) is 49.4 Å². The Morgan fingerprint density at radius 3 is 2.50 bits per heavy atom. The monoisotopic (exact) mass is 343 g/mol. The number of rotatable bonds is 4. The van der Waals surface area contributed by atoms with Gasteiger partial charge in [0.2, 0.25) is 5.89 Å². The van der Waals surface area contributed by atoms with E-state index in [0.29, 0.717) is 33.9 Å². The van der Waals surface area contributed by atoms with Crippen LogP contribution >= 0.6 is 0 Å². The summed E-state index contributed by atoms with van der Waals surface area (Å²) in [5.41, 5.74) is 4.36. The Morgan fingerprint density at radius 1 is 1.00 bits per heavy atom. The van der Waals surface area contributed by atoms with E-state index >= 15 is 0 Å². The van der Waals surface area contributed by atoms with Crippen molar-refractivity contribution in [3.8, 4) is 17.2 Å². The van der Waals surface area contributed by atoms with Gasteiger partial charge in [-0.2, -0.15) is 0 Å². The van der Waals surface area contributed by atoms with E-state index in [2.05, 4.69) is 4.98 Å². The fourth-order valence-electron chi connectivity index (χ4n) is 2.92. The van der Waals surface area contributed by atoms with E-state index in [-0.39, 0.29) is 5.78 Å². The molecule has 128 valence electrons. The molecule has 0 unspecified atom stereocenters. The number of ether oxygens (including phenoxy) is 1. The molecular formula is C22H17NO3. The van der Waals surface area contributed by atoms with Gasteiger partial charge in [-0.25, -0.2) is 4.98 Å². The van der Waals surface area contributed by atoms with Gasteiger partial charge in [-0.3, -0.25) is 4.79 Å². The Hall–Kier alpha value is -3.40. The highest BCUT2D eigenvalue weighted by Gasteiger charge is 2.19. The van der Waals surface area contributed by atoms with Gasteiger partial charge in [0.1, 0.15) is 11.3 Å². The molecule has 0 saturated carbocycles. The molecule has 0 N–H and O–H groups in total. The topological polar surface area (TPSA) is 52.3 Å². The van der Waals surface area contributed by atoms with Crippen molar-refractivity contribution in [2.75, 3.05) is 7.11 Å². The second-order valence-electron chi connectivity index (χ2n) is 6.09. The number of methoxy groups -OCH3 is 1. The smallest absolute Gasteiger partial charge is 0.228 e. The van der Waals surface area contributed by atoms with E-state index in [0.717, 1.165) is 11.1 Å². The lowest BCUT2D eigenvalue weighted by atomic mass is 9.96. The average molecular weight is 343 g/mol. The molecule has 3 aromatic carbocycles. The summed E-state index contributed by atoms with van der Waals surface area (Å²) in [6.07, 6.45) is 0. The van der Waals surface area contributed by atoms with Crippen LogP contribution in [0.3, 0.4) is 0 Å².